The molecule has 2 heterocycles. The largest absolute Gasteiger partial charge is 0.329 e. The van der Waals surface area contributed by atoms with Gasteiger partial charge in [-0.3, -0.25) is 0 Å². The zero-order chi connectivity index (χ0) is 13.2. The molecule has 0 aromatic heterocycles. The minimum Gasteiger partial charge on any atom is -0.329 e. The number of benzene rings is 1. The fourth-order valence-corrected chi connectivity index (χ4v) is 3.30. The molecule has 0 aliphatic carbocycles. The fraction of sp³-hybridized carbons (Fsp3) is 0.500. The van der Waals surface area contributed by atoms with Crippen LogP contribution in [0, 0.1) is 0 Å². The highest BCUT2D eigenvalue weighted by atomic mass is 79.9. The van der Waals surface area contributed by atoms with Crippen molar-refractivity contribution in [2.24, 2.45) is 0 Å². The van der Waals surface area contributed by atoms with Crippen molar-refractivity contribution in [1.29, 1.82) is 0 Å². The lowest BCUT2D eigenvalue weighted by Crippen LogP contribution is -2.47. The van der Waals surface area contributed by atoms with Gasteiger partial charge in [0.25, 0.3) is 0 Å². The third kappa shape index (κ3) is 2.77. The monoisotopic (exact) mass is 323 g/mol. The van der Waals surface area contributed by atoms with Gasteiger partial charge in [0, 0.05) is 23.6 Å². The second kappa shape index (κ2) is 5.51. The molecule has 19 heavy (non-hydrogen) atoms. The normalized spacial score (nSPS) is 27.4. The van der Waals surface area contributed by atoms with E-state index in [0.717, 1.165) is 42.5 Å². The van der Waals surface area contributed by atoms with E-state index in [1.807, 2.05) is 17.0 Å². The molecule has 1 aromatic carbocycles. The Labute approximate surface area is 121 Å². The second-order valence-corrected chi connectivity index (χ2v) is 6.13. The highest BCUT2D eigenvalue weighted by Crippen LogP contribution is 2.25. The molecule has 2 fully saturated rings. The SMILES string of the molecule is O=C1NC(c2cccc(Br)c2)CN1C1CCCNC1. The summed E-state index contributed by atoms with van der Waals surface area (Å²) in [5, 5.41) is 6.45. The number of rotatable bonds is 2. The fourth-order valence-electron chi connectivity index (χ4n) is 2.88. The lowest BCUT2D eigenvalue weighted by Gasteiger charge is -2.30. The van der Waals surface area contributed by atoms with E-state index in [-0.39, 0.29) is 12.1 Å². The predicted molar refractivity (Wildman–Crippen MR) is 78.0 cm³/mol. The molecule has 2 amide bonds. The lowest BCUT2D eigenvalue weighted by molar-refractivity contribution is 0.184. The predicted octanol–water partition coefficient (Wildman–Crippen LogP) is 2.27. The molecule has 2 atom stereocenters. The summed E-state index contributed by atoms with van der Waals surface area (Å²) in [5.74, 6) is 0. The lowest BCUT2D eigenvalue weighted by atomic mass is 10.0. The molecule has 2 aliphatic rings. The van der Waals surface area contributed by atoms with Gasteiger partial charge in [-0.25, -0.2) is 4.79 Å². The van der Waals surface area contributed by atoms with E-state index >= 15 is 0 Å². The Morgan fingerprint density at radius 3 is 3.00 bits per heavy atom. The second-order valence-electron chi connectivity index (χ2n) is 5.21. The minimum absolute atomic E-state index is 0.0682. The van der Waals surface area contributed by atoms with Crippen LogP contribution in [0.1, 0.15) is 24.4 Å². The van der Waals surface area contributed by atoms with Gasteiger partial charge in [-0.05, 0) is 37.1 Å². The zero-order valence-corrected chi connectivity index (χ0v) is 12.3. The molecule has 1 aromatic rings. The van der Waals surface area contributed by atoms with Gasteiger partial charge in [0.05, 0.1) is 6.04 Å². The molecule has 0 radical (unpaired) electrons. The van der Waals surface area contributed by atoms with Crippen molar-refractivity contribution in [3.05, 3.63) is 34.3 Å². The van der Waals surface area contributed by atoms with E-state index in [1.165, 1.54) is 0 Å². The Morgan fingerprint density at radius 1 is 1.37 bits per heavy atom. The molecule has 3 rings (SSSR count). The molecule has 4 nitrogen and oxygen atoms in total. The van der Waals surface area contributed by atoms with Crippen LogP contribution in [0.3, 0.4) is 0 Å². The highest BCUT2D eigenvalue weighted by molar-refractivity contribution is 9.10. The van der Waals surface area contributed by atoms with E-state index in [1.54, 1.807) is 0 Å². The first kappa shape index (κ1) is 12.9. The van der Waals surface area contributed by atoms with Crippen LogP contribution in [0.25, 0.3) is 0 Å². The highest BCUT2D eigenvalue weighted by Gasteiger charge is 2.34. The maximum atomic E-state index is 12.1. The van der Waals surface area contributed by atoms with E-state index < -0.39 is 0 Å². The number of carbonyl (C=O) groups is 1. The van der Waals surface area contributed by atoms with Crippen LogP contribution >= 0.6 is 15.9 Å². The van der Waals surface area contributed by atoms with E-state index in [4.69, 9.17) is 0 Å². The van der Waals surface area contributed by atoms with Crippen LogP contribution in [-0.4, -0.2) is 36.6 Å². The van der Waals surface area contributed by atoms with Crippen LogP contribution in [0.4, 0.5) is 4.79 Å². The molecule has 5 heteroatoms. The Bertz CT molecular complexity index is 474. The third-order valence-electron chi connectivity index (χ3n) is 3.90. The summed E-state index contributed by atoms with van der Waals surface area (Å²) in [7, 11) is 0. The zero-order valence-electron chi connectivity index (χ0n) is 10.7. The maximum absolute atomic E-state index is 12.1. The minimum atomic E-state index is 0.0682. The molecule has 2 saturated heterocycles. The van der Waals surface area contributed by atoms with Gasteiger partial charge in [-0.15, -0.1) is 0 Å². The molecule has 0 spiro atoms. The Kier molecular flexibility index (Phi) is 3.75. The number of urea groups is 1. The number of piperidine rings is 1. The van der Waals surface area contributed by atoms with Gasteiger partial charge in [0.15, 0.2) is 0 Å². The molecule has 2 N–H and O–H groups in total. The first-order chi connectivity index (χ1) is 9.24. The summed E-state index contributed by atoms with van der Waals surface area (Å²) in [6.07, 6.45) is 2.25. The number of hydrogen-bond donors (Lipinski definition) is 2. The van der Waals surface area contributed by atoms with E-state index in [2.05, 4.69) is 38.7 Å². The van der Waals surface area contributed by atoms with E-state index in [9.17, 15) is 4.79 Å². The molecule has 2 unspecified atom stereocenters. The van der Waals surface area contributed by atoms with Gasteiger partial charge in [-0.1, -0.05) is 28.1 Å². The van der Waals surface area contributed by atoms with Crippen molar-refractivity contribution in [2.75, 3.05) is 19.6 Å². The van der Waals surface area contributed by atoms with Crippen LogP contribution < -0.4 is 10.6 Å². The molecule has 0 saturated carbocycles. The average molecular weight is 324 g/mol. The van der Waals surface area contributed by atoms with Crippen molar-refractivity contribution in [1.82, 2.24) is 15.5 Å². The summed E-state index contributed by atoms with van der Waals surface area (Å²) in [5.41, 5.74) is 1.16. The summed E-state index contributed by atoms with van der Waals surface area (Å²) in [6.45, 7) is 2.75. The quantitative estimate of drug-likeness (QED) is 0.876. The van der Waals surface area contributed by atoms with Crippen molar-refractivity contribution >= 4 is 22.0 Å². The van der Waals surface area contributed by atoms with Crippen LogP contribution in [0.5, 0.6) is 0 Å². The Morgan fingerprint density at radius 2 is 2.26 bits per heavy atom. The molecule has 0 bridgehead atoms. The number of amides is 2. The molecular weight excluding hydrogens is 306 g/mol. The molecule has 102 valence electrons. The number of hydrogen-bond acceptors (Lipinski definition) is 2. The number of halogens is 1. The third-order valence-corrected chi connectivity index (χ3v) is 4.39. The average Bonchev–Trinajstić information content (AvgIpc) is 2.82. The van der Waals surface area contributed by atoms with Crippen molar-refractivity contribution in [3.8, 4) is 0 Å². The van der Waals surface area contributed by atoms with Crippen LogP contribution in [0.15, 0.2) is 28.7 Å². The van der Waals surface area contributed by atoms with Crippen molar-refractivity contribution in [3.63, 3.8) is 0 Å². The van der Waals surface area contributed by atoms with Gasteiger partial charge < -0.3 is 15.5 Å². The van der Waals surface area contributed by atoms with Gasteiger partial charge >= 0.3 is 6.03 Å². The standard InChI is InChI=1S/C14H18BrN3O/c15-11-4-1-3-10(7-11)13-9-18(14(19)17-13)12-5-2-6-16-8-12/h1,3-4,7,12-13,16H,2,5-6,8-9H2,(H,17,19). The summed E-state index contributed by atoms with van der Waals surface area (Å²) >= 11 is 3.48. The number of nitrogens with one attached hydrogen (secondary N) is 2. The Hall–Kier alpha value is -1.07. The Balaban J connectivity index is 1.72. The maximum Gasteiger partial charge on any atom is 0.318 e. The summed E-state index contributed by atoms with van der Waals surface area (Å²) < 4.78 is 1.05. The molecular formula is C14H18BrN3O. The smallest absolute Gasteiger partial charge is 0.318 e. The first-order valence-electron chi connectivity index (χ1n) is 6.77. The topological polar surface area (TPSA) is 44.4 Å². The first-order valence-corrected chi connectivity index (χ1v) is 7.56. The van der Waals surface area contributed by atoms with Gasteiger partial charge in [0.1, 0.15) is 0 Å². The number of carbonyl (C=O) groups excluding carboxylic acids is 1. The summed E-state index contributed by atoms with van der Waals surface area (Å²) in [4.78, 5) is 14.1. The molecule has 2 aliphatic heterocycles. The van der Waals surface area contributed by atoms with Crippen LogP contribution in [0.2, 0.25) is 0 Å². The van der Waals surface area contributed by atoms with E-state index in [0.29, 0.717) is 6.04 Å². The summed E-state index contributed by atoms with van der Waals surface area (Å²) in [6, 6.07) is 8.67. The van der Waals surface area contributed by atoms with Crippen LogP contribution in [-0.2, 0) is 0 Å². The van der Waals surface area contributed by atoms with Crippen molar-refractivity contribution < 1.29 is 4.79 Å². The van der Waals surface area contributed by atoms with Crippen molar-refractivity contribution in [2.45, 2.75) is 24.9 Å². The number of nitrogens with zero attached hydrogens (tertiary/aromatic N) is 1. The van der Waals surface area contributed by atoms with Gasteiger partial charge in [-0.2, -0.15) is 0 Å². The van der Waals surface area contributed by atoms with Gasteiger partial charge in [0.2, 0.25) is 0 Å².